The van der Waals surface area contributed by atoms with Gasteiger partial charge in [-0.1, -0.05) is 0 Å². The lowest BCUT2D eigenvalue weighted by Crippen LogP contribution is -2.03. The molecule has 0 amide bonds. The second kappa shape index (κ2) is 2.47. The molecule has 0 bridgehead atoms. The zero-order valence-corrected chi connectivity index (χ0v) is 8.26. The monoisotopic (exact) mass is 202 g/mol. The summed E-state index contributed by atoms with van der Waals surface area (Å²) < 4.78 is 29.1. The van der Waals surface area contributed by atoms with Crippen molar-refractivity contribution >= 4 is 9.84 Å². The summed E-state index contributed by atoms with van der Waals surface area (Å²) in [5, 5.41) is 4.07. The Hall–Kier alpha value is -1.04. The third kappa shape index (κ3) is 1.21. The molecule has 0 radical (unpaired) electrons. The molecular weight excluding hydrogens is 192 g/mol. The van der Waals surface area contributed by atoms with Crippen LogP contribution in [0.3, 0.4) is 0 Å². The zero-order chi connectivity index (χ0) is 9.64. The third-order valence-electron chi connectivity index (χ3n) is 2.09. The fourth-order valence-corrected chi connectivity index (χ4v) is 3.08. The number of aromatic nitrogens is 2. The summed E-state index contributed by atoms with van der Waals surface area (Å²) in [5.41, 5.74) is 1.34. The Labute approximate surface area is 76.2 Å². The Kier molecular flexibility index (Phi) is 1.63. The first-order valence-corrected chi connectivity index (χ1v) is 5.65. The van der Waals surface area contributed by atoms with Gasteiger partial charge in [0.05, 0.1) is 29.9 Å². The first kappa shape index (κ1) is 8.55. The molecule has 1 aromatic heterocycles. The van der Waals surface area contributed by atoms with Gasteiger partial charge in [-0.15, -0.1) is 0 Å². The van der Waals surface area contributed by atoms with E-state index < -0.39 is 9.84 Å². The number of methoxy groups -OCH3 is 1. The molecule has 6 heteroatoms. The van der Waals surface area contributed by atoms with E-state index in [1.807, 2.05) is 0 Å². The van der Waals surface area contributed by atoms with E-state index in [-0.39, 0.29) is 11.5 Å². The molecule has 13 heavy (non-hydrogen) atoms. The highest BCUT2D eigenvalue weighted by molar-refractivity contribution is 7.90. The maximum atomic E-state index is 11.2. The molecule has 0 saturated carbocycles. The van der Waals surface area contributed by atoms with Crippen molar-refractivity contribution in [3.8, 4) is 5.88 Å². The Morgan fingerprint density at radius 3 is 2.77 bits per heavy atom. The van der Waals surface area contributed by atoms with E-state index in [0.717, 1.165) is 0 Å². The minimum Gasteiger partial charge on any atom is -0.481 e. The average molecular weight is 202 g/mol. The van der Waals surface area contributed by atoms with E-state index in [9.17, 15) is 8.42 Å². The van der Waals surface area contributed by atoms with E-state index in [0.29, 0.717) is 17.1 Å². The number of aryl methyl sites for hydroxylation is 1. The van der Waals surface area contributed by atoms with E-state index in [2.05, 4.69) is 5.10 Å². The molecule has 0 atom stereocenters. The van der Waals surface area contributed by atoms with E-state index >= 15 is 0 Å². The van der Waals surface area contributed by atoms with Crippen molar-refractivity contribution in [1.29, 1.82) is 0 Å². The molecule has 1 aliphatic heterocycles. The van der Waals surface area contributed by atoms with Crippen molar-refractivity contribution in [2.24, 2.45) is 7.05 Å². The van der Waals surface area contributed by atoms with Crippen LogP contribution in [-0.2, 0) is 28.4 Å². The minimum atomic E-state index is -2.97. The van der Waals surface area contributed by atoms with E-state index in [1.54, 1.807) is 11.7 Å². The van der Waals surface area contributed by atoms with Crippen molar-refractivity contribution in [3.05, 3.63) is 11.3 Å². The number of hydrogen-bond acceptors (Lipinski definition) is 4. The van der Waals surface area contributed by atoms with Gasteiger partial charge in [-0.3, -0.25) is 0 Å². The highest BCUT2D eigenvalue weighted by atomic mass is 32.2. The van der Waals surface area contributed by atoms with E-state index in [1.165, 1.54) is 7.11 Å². The quantitative estimate of drug-likeness (QED) is 0.635. The second-order valence-corrected chi connectivity index (χ2v) is 5.15. The topological polar surface area (TPSA) is 61.2 Å². The number of nitrogens with zero attached hydrogens (tertiary/aromatic N) is 2. The summed E-state index contributed by atoms with van der Waals surface area (Å²) in [6.07, 6.45) is 0. The number of rotatable bonds is 1. The molecule has 1 aromatic rings. The summed E-state index contributed by atoms with van der Waals surface area (Å²) in [6.45, 7) is 0. The molecule has 0 aromatic carbocycles. The predicted molar refractivity (Wildman–Crippen MR) is 46.1 cm³/mol. The zero-order valence-electron chi connectivity index (χ0n) is 7.44. The van der Waals surface area contributed by atoms with Crippen molar-refractivity contribution in [2.45, 2.75) is 11.5 Å². The summed E-state index contributed by atoms with van der Waals surface area (Å²) in [7, 11) is 0.289. The number of hydrogen-bond donors (Lipinski definition) is 0. The van der Waals surface area contributed by atoms with Crippen LogP contribution in [0.25, 0.3) is 0 Å². The first-order chi connectivity index (χ1) is 6.03. The molecule has 0 N–H and O–H groups in total. The van der Waals surface area contributed by atoms with Gasteiger partial charge in [-0.05, 0) is 0 Å². The van der Waals surface area contributed by atoms with Crippen LogP contribution in [0.15, 0.2) is 0 Å². The number of ether oxygens (including phenoxy) is 1. The molecule has 0 spiro atoms. The van der Waals surface area contributed by atoms with Gasteiger partial charge < -0.3 is 4.74 Å². The van der Waals surface area contributed by atoms with Gasteiger partial charge in [-0.2, -0.15) is 5.10 Å². The number of fused-ring (bicyclic) bond motifs is 1. The Morgan fingerprint density at radius 1 is 1.46 bits per heavy atom. The second-order valence-electron chi connectivity index (χ2n) is 3.09. The fourth-order valence-electron chi connectivity index (χ4n) is 1.60. The molecule has 0 unspecified atom stereocenters. The normalized spacial score (nSPS) is 18.6. The molecule has 2 heterocycles. The van der Waals surface area contributed by atoms with Gasteiger partial charge in [0, 0.05) is 7.05 Å². The van der Waals surface area contributed by atoms with Crippen LogP contribution in [-0.4, -0.2) is 25.3 Å². The predicted octanol–water partition coefficient (Wildman–Crippen LogP) is -0.143. The fraction of sp³-hybridized carbons (Fsp3) is 0.571. The lowest BCUT2D eigenvalue weighted by Gasteiger charge is -2.01. The molecular formula is C7H10N2O3S. The van der Waals surface area contributed by atoms with Crippen LogP contribution in [0.2, 0.25) is 0 Å². The maximum absolute atomic E-state index is 11.2. The van der Waals surface area contributed by atoms with E-state index in [4.69, 9.17) is 4.74 Å². The molecule has 0 aliphatic carbocycles. The van der Waals surface area contributed by atoms with Crippen LogP contribution >= 0.6 is 0 Å². The van der Waals surface area contributed by atoms with Crippen molar-refractivity contribution in [2.75, 3.05) is 7.11 Å². The van der Waals surface area contributed by atoms with Gasteiger partial charge in [0.2, 0.25) is 5.88 Å². The molecule has 0 fully saturated rings. The van der Waals surface area contributed by atoms with Crippen molar-refractivity contribution in [1.82, 2.24) is 9.78 Å². The Balaban J connectivity index is 2.56. The smallest absolute Gasteiger partial charge is 0.215 e. The average Bonchev–Trinajstić information content (AvgIpc) is 2.39. The highest BCUT2D eigenvalue weighted by Crippen LogP contribution is 2.31. The lowest BCUT2D eigenvalue weighted by molar-refractivity contribution is 0.370. The van der Waals surface area contributed by atoms with Crippen LogP contribution in [0.5, 0.6) is 5.88 Å². The highest BCUT2D eigenvalue weighted by Gasteiger charge is 2.31. The molecule has 72 valence electrons. The third-order valence-corrected chi connectivity index (χ3v) is 3.53. The number of sulfone groups is 1. The van der Waals surface area contributed by atoms with Gasteiger partial charge in [0.25, 0.3) is 0 Å². The molecule has 5 nitrogen and oxygen atoms in total. The summed E-state index contributed by atoms with van der Waals surface area (Å²) >= 11 is 0. The lowest BCUT2D eigenvalue weighted by atomic mass is 10.3. The Morgan fingerprint density at radius 2 is 2.15 bits per heavy atom. The molecule has 1 aliphatic rings. The first-order valence-electron chi connectivity index (χ1n) is 3.82. The van der Waals surface area contributed by atoms with Gasteiger partial charge >= 0.3 is 0 Å². The largest absolute Gasteiger partial charge is 0.481 e. The molecule has 2 rings (SSSR count). The van der Waals surface area contributed by atoms with Gasteiger partial charge in [0.1, 0.15) is 0 Å². The minimum absolute atomic E-state index is 0.0412. The Bertz CT molecular complexity index is 447. The van der Waals surface area contributed by atoms with Gasteiger partial charge in [0.15, 0.2) is 9.84 Å². The van der Waals surface area contributed by atoms with Gasteiger partial charge in [-0.25, -0.2) is 13.1 Å². The van der Waals surface area contributed by atoms with Crippen LogP contribution in [0.1, 0.15) is 11.3 Å². The van der Waals surface area contributed by atoms with Crippen LogP contribution < -0.4 is 4.74 Å². The standard InChI is InChI=1S/C7H10N2O3S/c1-9-7(12-2)5-3-13(10,11)4-6(5)8-9/h3-4H2,1-2H3. The van der Waals surface area contributed by atoms with Crippen molar-refractivity contribution < 1.29 is 13.2 Å². The molecule has 0 saturated heterocycles. The SMILES string of the molecule is COc1c2c(nn1C)CS(=O)(=O)C2. The van der Waals surface area contributed by atoms with Crippen molar-refractivity contribution in [3.63, 3.8) is 0 Å². The summed E-state index contributed by atoms with van der Waals surface area (Å²) in [5.74, 6) is 0.648. The maximum Gasteiger partial charge on any atom is 0.215 e. The summed E-state index contributed by atoms with van der Waals surface area (Å²) in [6, 6.07) is 0. The van der Waals surface area contributed by atoms with Crippen LogP contribution in [0.4, 0.5) is 0 Å². The van der Waals surface area contributed by atoms with Crippen LogP contribution in [0, 0.1) is 0 Å². The summed E-state index contributed by atoms with van der Waals surface area (Å²) in [4.78, 5) is 0.